The summed E-state index contributed by atoms with van der Waals surface area (Å²) in [6.07, 6.45) is 0. The van der Waals surface area contributed by atoms with Crippen LogP contribution in [0.3, 0.4) is 0 Å². The standard InChI is InChI=1S/C11H16ClN3O2/c1-3-13-9-5-4-8(12)10(14-9)11(17)15(2)6-7-16/h4-5,16H,3,6-7H2,1-2H3,(H,13,14). The third-order valence-corrected chi connectivity index (χ3v) is 2.49. The highest BCUT2D eigenvalue weighted by atomic mass is 35.5. The maximum Gasteiger partial charge on any atom is 0.273 e. The number of pyridine rings is 1. The Morgan fingerprint density at radius 1 is 1.59 bits per heavy atom. The van der Waals surface area contributed by atoms with Crippen molar-refractivity contribution in [3.05, 3.63) is 22.8 Å². The zero-order valence-electron chi connectivity index (χ0n) is 9.90. The summed E-state index contributed by atoms with van der Waals surface area (Å²) in [6, 6.07) is 3.35. The summed E-state index contributed by atoms with van der Waals surface area (Å²) in [5.74, 6) is 0.307. The average molecular weight is 258 g/mol. The van der Waals surface area contributed by atoms with Gasteiger partial charge in [0.15, 0.2) is 0 Å². The van der Waals surface area contributed by atoms with Gasteiger partial charge in [0.25, 0.3) is 5.91 Å². The van der Waals surface area contributed by atoms with Crippen LogP contribution < -0.4 is 5.32 Å². The molecule has 0 bridgehead atoms. The number of rotatable bonds is 5. The normalized spacial score (nSPS) is 10.1. The van der Waals surface area contributed by atoms with Crippen molar-refractivity contribution in [2.45, 2.75) is 6.92 Å². The van der Waals surface area contributed by atoms with Gasteiger partial charge in [0.1, 0.15) is 11.5 Å². The van der Waals surface area contributed by atoms with E-state index in [2.05, 4.69) is 10.3 Å². The number of aliphatic hydroxyl groups is 1. The van der Waals surface area contributed by atoms with Crippen molar-refractivity contribution in [2.75, 3.05) is 32.1 Å². The van der Waals surface area contributed by atoms with E-state index in [1.807, 2.05) is 6.92 Å². The molecule has 1 rings (SSSR count). The van der Waals surface area contributed by atoms with Gasteiger partial charge in [-0.15, -0.1) is 0 Å². The number of carbonyl (C=O) groups is 1. The number of amides is 1. The number of likely N-dealkylation sites (N-methyl/N-ethyl adjacent to an activating group) is 1. The van der Waals surface area contributed by atoms with Crippen molar-refractivity contribution in [3.63, 3.8) is 0 Å². The van der Waals surface area contributed by atoms with Gasteiger partial charge in [0, 0.05) is 20.1 Å². The topological polar surface area (TPSA) is 65.5 Å². The Bertz CT molecular complexity index is 398. The van der Waals surface area contributed by atoms with Crippen LogP contribution >= 0.6 is 11.6 Å². The fraction of sp³-hybridized carbons (Fsp3) is 0.455. The summed E-state index contributed by atoms with van der Waals surface area (Å²) in [5, 5.41) is 12.1. The molecule has 0 aliphatic rings. The van der Waals surface area contributed by atoms with Gasteiger partial charge in [0.2, 0.25) is 0 Å². The molecule has 6 heteroatoms. The molecule has 0 unspecified atom stereocenters. The molecule has 0 aliphatic carbocycles. The Hall–Kier alpha value is -1.33. The van der Waals surface area contributed by atoms with Gasteiger partial charge < -0.3 is 15.3 Å². The average Bonchev–Trinajstić information content (AvgIpc) is 2.31. The fourth-order valence-electron chi connectivity index (χ4n) is 1.30. The second-order valence-corrected chi connectivity index (χ2v) is 3.91. The molecule has 1 aromatic rings. The van der Waals surface area contributed by atoms with E-state index in [-0.39, 0.29) is 24.8 Å². The van der Waals surface area contributed by atoms with E-state index in [4.69, 9.17) is 16.7 Å². The minimum absolute atomic E-state index is 0.0905. The van der Waals surface area contributed by atoms with Gasteiger partial charge in [-0.1, -0.05) is 11.6 Å². The largest absolute Gasteiger partial charge is 0.395 e. The molecule has 1 aromatic heterocycles. The van der Waals surface area contributed by atoms with E-state index in [1.165, 1.54) is 4.90 Å². The quantitative estimate of drug-likeness (QED) is 0.833. The van der Waals surface area contributed by atoms with Gasteiger partial charge in [0.05, 0.1) is 11.6 Å². The molecule has 5 nitrogen and oxygen atoms in total. The van der Waals surface area contributed by atoms with Crippen LogP contribution in [0.5, 0.6) is 0 Å². The molecule has 0 saturated carbocycles. The molecule has 0 atom stereocenters. The minimum atomic E-state index is -0.302. The lowest BCUT2D eigenvalue weighted by atomic mass is 10.3. The number of aromatic nitrogens is 1. The minimum Gasteiger partial charge on any atom is -0.395 e. The summed E-state index contributed by atoms with van der Waals surface area (Å²) in [6.45, 7) is 2.82. The first-order valence-electron chi connectivity index (χ1n) is 5.36. The Labute approximate surface area is 105 Å². The molecule has 0 radical (unpaired) electrons. The molecule has 0 spiro atoms. The van der Waals surface area contributed by atoms with Gasteiger partial charge in [-0.05, 0) is 19.1 Å². The maximum atomic E-state index is 12.0. The van der Waals surface area contributed by atoms with Crippen LogP contribution in [0, 0.1) is 0 Å². The van der Waals surface area contributed by atoms with Crippen molar-refractivity contribution in [3.8, 4) is 0 Å². The number of halogens is 1. The van der Waals surface area contributed by atoms with Crippen LogP contribution in [0.4, 0.5) is 5.82 Å². The molecular weight excluding hydrogens is 242 g/mol. The summed E-state index contributed by atoms with van der Waals surface area (Å²) < 4.78 is 0. The molecule has 0 saturated heterocycles. The van der Waals surface area contributed by atoms with Crippen LogP contribution in [-0.2, 0) is 0 Å². The number of anilines is 1. The molecule has 1 heterocycles. The Morgan fingerprint density at radius 3 is 2.88 bits per heavy atom. The van der Waals surface area contributed by atoms with Gasteiger partial charge >= 0.3 is 0 Å². The third kappa shape index (κ3) is 3.57. The van der Waals surface area contributed by atoms with Crippen LogP contribution in [0.2, 0.25) is 5.02 Å². The van der Waals surface area contributed by atoms with Crippen LogP contribution in [0.1, 0.15) is 17.4 Å². The summed E-state index contributed by atoms with van der Waals surface area (Å²) in [7, 11) is 1.59. The Morgan fingerprint density at radius 2 is 2.29 bits per heavy atom. The number of hydrogen-bond donors (Lipinski definition) is 2. The van der Waals surface area contributed by atoms with E-state index in [0.29, 0.717) is 10.8 Å². The van der Waals surface area contributed by atoms with E-state index >= 15 is 0 Å². The molecule has 2 N–H and O–H groups in total. The van der Waals surface area contributed by atoms with Gasteiger partial charge in [-0.25, -0.2) is 4.98 Å². The first-order chi connectivity index (χ1) is 8.10. The van der Waals surface area contributed by atoms with E-state index in [1.54, 1.807) is 19.2 Å². The molecule has 17 heavy (non-hydrogen) atoms. The first-order valence-corrected chi connectivity index (χ1v) is 5.74. The van der Waals surface area contributed by atoms with E-state index in [0.717, 1.165) is 6.54 Å². The molecule has 0 fully saturated rings. The highest BCUT2D eigenvalue weighted by molar-refractivity contribution is 6.33. The van der Waals surface area contributed by atoms with Gasteiger partial charge in [-0.2, -0.15) is 0 Å². The molecule has 0 aliphatic heterocycles. The third-order valence-electron chi connectivity index (χ3n) is 2.19. The number of carbonyl (C=O) groups excluding carboxylic acids is 1. The maximum absolute atomic E-state index is 12.0. The predicted molar refractivity (Wildman–Crippen MR) is 67.5 cm³/mol. The van der Waals surface area contributed by atoms with Crippen LogP contribution in [-0.4, -0.2) is 47.6 Å². The lowest BCUT2D eigenvalue weighted by molar-refractivity contribution is 0.0761. The smallest absolute Gasteiger partial charge is 0.273 e. The summed E-state index contributed by atoms with van der Waals surface area (Å²) in [5.41, 5.74) is 0.195. The summed E-state index contributed by atoms with van der Waals surface area (Å²) in [4.78, 5) is 17.5. The Kier molecular flexibility index (Phi) is 5.18. The highest BCUT2D eigenvalue weighted by Gasteiger charge is 2.17. The van der Waals surface area contributed by atoms with E-state index < -0.39 is 0 Å². The number of hydrogen-bond acceptors (Lipinski definition) is 4. The lowest BCUT2D eigenvalue weighted by Gasteiger charge is -2.16. The predicted octanol–water partition coefficient (Wildman–Crippen LogP) is 1.23. The number of nitrogens with one attached hydrogen (secondary N) is 1. The second-order valence-electron chi connectivity index (χ2n) is 3.51. The fourth-order valence-corrected chi connectivity index (χ4v) is 1.49. The lowest BCUT2D eigenvalue weighted by Crippen LogP contribution is -2.30. The van der Waals surface area contributed by atoms with Gasteiger partial charge in [-0.3, -0.25) is 4.79 Å². The first kappa shape index (κ1) is 13.7. The SMILES string of the molecule is CCNc1ccc(Cl)c(C(=O)N(C)CCO)n1. The molecular formula is C11H16ClN3O2. The zero-order chi connectivity index (χ0) is 12.8. The van der Waals surface area contributed by atoms with Crippen LogP contribution in [0.25, 0.3) is 0 Å². The van der Waals surface area contributed by atoms with E-state index in [9.17, 15) is 4.79 Å². The summed E-state index contributed by atoms with van der Waals surface area (Å²) >= 11 is 5.94. The van der Waals surface area contributed by atoms with Crippen molar-refractivity contribution in [1.82, 2.24) is 9.88 Å². The molecule has 0 aromatic carbocycles. The second kappa shape index (κ2) is 6.42. The molecule has 94 valence electrons. The monoisotopic (exact) mass is 257 g/mol. The molecule has 1 amide bonds. The zero-order valence-corrected chi connectivity index (χ0v) is 10.7. The van der Waals surface area contributed by atoms with Crippen molar-refractivity contribution in [2.24, 2.45) is 0 Å². The Balaban J connectivity index is 2.95. The highest BCUT2D eigenvalue weighted by Crippen LogP contribution is 2.18. The van der Waals surface area contributed by atoms with Crippen molar-refractivity contribution in [1.29, 1.82) is 0 Å². The number of nitrogens with zero attached hydrogens (tertiary/aromatic N) is 2. The van der Waals surface area contributed by atoms with Crippen molar-refractivity contribution >= 4 is 23.3 Å². The number of aliphatic hydroxyl groups excluding tert-OH is 1. The van der Waals surface area contributed by atoms with Crippen molar-refractivity contribution < 1.29 is 9.90 Å². The van der Waals surface area contributed by atoms with Crippen LogP contribution in [0.15, 0.2) is 12.1 Å².